The predicted molar refractivity (Wildman–Crippen MR) is 134 cm³/mol. The quantitative estimate of drug-likeness (QED) is 0.357. The molecule has 1 aromatic carbocycles. The van der Waals surface area contributed by atoms with E-state index in [0.717, 1.165) is 37.0 Å². The molecule has 3 fully saturated rings. The average molecular weight is 506 g/mol. The van der Waals surface area contributed by atoms with Crippen molar-refractivity contribution in [3.63, 3.8) is 0 Å². The second-order valence-corrected chi connectivity index (χ2v) is 9.78. The second-order valence-electron chi connectivity index (χ2n) is 8.36. The van der Waals surface area contributed by atoms with Crippen molar-refractivity contribution in [3.05, 3.63) is 29.8 Å². The highest BCUT2D eigenvalue weighted by atomic mass is 31.1. The summed E-state index contributed by atoms with van der Waals surface area (Å²) in [6.07, 6.45) is 2.02. The minimum absolute atomic E-state index is 0.246. The topological polar surface area (TPSA) is 64.6 Å². The van der Waals surface area contributed by atoms with Gasteiger partial charge in [-0.3, -0.25) is 0 Å². The van der Waals surface area contributed by atoms with E-state index in [1.165, 1.54) is 6.42 Å². The Kier molecular flexibility index (Phi) is 9.96. The van der Waals surface area contributed by atoms with Gasteiger partial charge in [-0.05, 0) is 56.6 Å². The van der Waals surface area contributed by atoms with Crippen LogP contribution in [0.5, 0.6) is 5.75 Å². The van der Waals surface area contributed by atoms with Crippen LogP contribution in [0.3, 0.4) is 0 Å². The fourth-order valence-corrected chi connectivity index (χ4v) is 6.26. The fourth-order valence-electron chi connectivity index (χ4n) is 4.98. The van der Waals surface area contributed by atoms with Crippen LogP contribution in [-0.4, -0.2) is 72.2 Å². The molecule has 9 atom stereocenters. The minimum Gasteiger partial charge on any atom is -0.497 e. The van der Waals surface area contributed by atoms with Gasteiger partial charge in [0.05, 0.1) is 13.7 Å². The zero-order valence-corrected chi connectivity index (χ0v) is 21.6. The van der Waals surface area contributed by atoms with Gasteiger partial charge >= 0.3 is 0 Å². The average Bonchev–Trinajstić information content (AvgIpc) is 3.20. The van der Waals surface area contributed by atoms with Gasteiger partial charge in [0.2, 0.25) is 0 Å². The van der Waals surface area contributed by atoms with E-state index in [1.807, 2.05) is 24.3 Å². The summed E-state index contributed by atoms with van der Waals surface area (Å²) in [7, 11) is 18.3. The van der Waals surface area contributed by atoms with Crippen LogP contribution in [0.4, 0.5) is 0 Å². The van der Waals surface area contributed by atoms with Gasteiger partial charge in [-0.1, -0.05) is 18.6 Å². The highest BCUT2D eigenvalue weighted by Crippen LogP contribution is 2.49. The van der Waals surface area contributed by atoms with Gasteiger partial charge in [-0.15, -0.1) is 0 Å². The van der Waals surface area contributed by atoms with Crippen LogP contribution < -0.4 is 4.74 Å². The number of methoxy groups -OCH3 is 1. The number of rotatable bonds is 10. The predicted octanol–water partition coefficient (Wildman–Crippen LogP) is 3.23. The molecule has 2 saturated carbocycles. The highest BCUT2D eigenvalue weighted by Gasteiger charge is 2.62. The van der Waals surface area contributed by atoms with E-state index >= 15 is 0 Å². The Morgan fingerprint density at radius 3 is 1.94 bits per heavy atom. The summed E-state index contributed by atoms with van der Waals surface area (Å²) in [6, 6.07) is 7.73. The van der Waals surface area contributed by atoms with E-state index in [-0.39, 0.29) is 26.1 Å². The molecule has 1 aromatic rings. The van der Waals surface area contributed by atoms with Crippen LogP contribution in [0.1, 0.15) is 37.7 Å². The summed E-state index contributed by atoms with van der Waals surface area (Å²) in [5.41, 5.74) is 0.993. The van der Waals surface area contributed by atoms with Crippen molar-refractivity contribution in [2.45, 2.75) is 81.1 Å². The molecule has 33 heavy (non-hydrogen) atoms. The van der Waals surface area contributed by atoms with Crippen LogP contribution in [0.25, 0.3) is 0 Å². The van der Waals surface area contributed by atoms with E-state index in [4.69, 9.17) is 55.2 Å². The first-order valence-corrected chi connectivity index (χ1v) is 14.0. The molecule has 1 heterocycles. The lowest BCUT2D eigenvalue weighted by molar-refractivity contribution is -0.206. The van der Waals surface area contributed by atoms with Crippen LogP contribution in [0.2, 0.25) is 0 Å². The van der Waals surface area contributed by atoms with E-state index < -0.39 is 42.4 Å². The smallest absolute Gasteiger partial charge is 0.169 e. The lowest BCUT2D eigenvalue weighted by Crippen LogP contribution is -2.64. The molecule has 1 saturated heterocycles. The maximum absolute atomic E-state index is 6.62. The van der Waals surface area contributed by atoms with E-state index in [2.05, 4.69) is 0 Å². The van der Waals surface area contributed by atoms with Crippen LogP contribution in [0.15, 0.2) is 24.3 Å². The largest absolute Gasteiger partial charge is 0.497 e. The molecule has 3 aliphatic rings. The number of benzene rings is 1. The van der Waals surface area contributed by atoms with Crippen molar-refractivity contribution >= 4 is 48.8 Å². The summed E-state index contributed by atoms with van der Waals surface area (Å²) >= 11 is 0. The molecule has 2 aliphatic carbocycles. The molecule has 1 aliphatic heterocycles. The maximum atomic E-state index is 6.62. The van der Waals surface area contributed by atoms with Gasteiger partial charge in [-0.2, -0.15) is 0 Å². The Balaban J connectivity index is 1.61. The third-order valence-corrected chi connectivity index (χ3v) is 7.70. The molecule has 0 bridgehead atoms. The first kappa shape index (κ1) is 26.3. The Bertz CT molecular complexity index is 744. The Hall–Kier alpha value is 0.265. The van der Waals surface area contributed by atoms with Gasteiger partial charge in [-0.25, -0.2) is 0 Å². The third kappa shape index (κ3) is 5.99. The lowest BCUT2D eigenvalue weighted by Gasteiger charge is -2.46. The molecule has 13 heteroatoms. The number of hydrogen-bond donors (Lipinski definition) is 0. The van der Waals surface area contributed by atoms with Crippen molar-refractivity contribution in [2.75, 3.05) is 7.11 Å². The van der Waals surface area contributed by atoms with Crippen LogP contribution >= 0.6 is 26.1 Å². The van der Waals surface area contributed by atoms with E-state index in [9.17, 15) is 0 Å². The normalized spacial score (nSPS) is 34.2. The number of hydrogen-bond acceptors (Lipinski definition) is 7. The first-order valence-electron chi connectivity index (χ1n) is 11.1. The fraction of sp³-hybridized carbons (Fsp3) is 0.700. The molecule has 0 N–H and O–H groups in total. The first-order chi connectivity index (χ1) is 16.1. The van der Waals surface area contributed by atoms with Crippen molar-refractivity contribution in [3.8, 4) is 5.75 Å². The van der Waals surface area contributed by atoms with Gasteiger partial charge in [0.1, 0.15) is 65.1 Å². The van der Waals surface area contributed by atoms with Gasteiger partial charge in [0.15, 0.2) is 5.79 Å². The lowest BCUT2D eigenvalue weighted by atomic mass is 9.85. The zero-order valence-electron chi connectivity index (χ0n) is 18.6. The molecule has 174 valence electrons. The second kappa shape index (κ2) is 12.5. The monoisotopic (exact) mass is 506 g/mol. The van der Waals surface area contributed by atoms with E-state index in [0.29, 0.717) is 6.61 Å². The molecule has 0 amide bonds. The van der Waals surface area contributed by atoms with Crippen molar-refractivity contribution in [2.24, 2.45) is 0 Å². The Morgan fingerprint density at radius 1 is 0.818 bits per heavy atom. The molecule has 7 nitrogen and oxygen atoms in total. The number of fused-ring (bicyclic) bond motifs is 1. The van der Waals surface area contributed by atoms with Gasteiger partial charge in [0.25, 0.3) is 0 Å². The molecule has 4 rings (SSSR count). The van der Waals surface area contributed by atoms with Crippen LogP contribution in [0, 0.1) is 0 Å². The van der Waals surface area contributed by atoms with Gasteiger partial charge < -0.3 is 32.5 Å². The van der Waals surface area contributed by atoms with Crippen LogP contribution in [-0.2, 0) is 34.4 Å². The van der Waals surface area contributed by atoms with Gasteiger partial charge in [0, 0.05) is 12.8 Å². The SMILES string of the molecule is [B]POC1C(OCc2ccc(OC)cc2)C2OC3(CCCCC3)OC2C(OP[B])C1OP[B]. The molecule has 9 unspecified atom stereocenters. The zero-order chi connectivity index (χ0) is 23.3. The highest BCUT2D eigenvalue weighted by molar-refractivity contribution is 7.62. The summed E-state index contributed by atoms with van der Waals surface area (Å²) in [5, 5.41) is 0. The minimum atomic E-state index is -0.649. The van der Waals surface area contributed by atoms with E-state index in [1.54, 1.807) is 7.11 Å². The molecular formula is C20H28B3O7P3. The Morgan fingerprint density at radius 2 is 1.36 bits per heavy atom. The standard InChI is InChI=1S/C20H28B3O7P3/c1-24-13-7-5-12(6-8-13)11-25-14-15-16(27-20(26-15)9-3-2-4-10-20)18(29-32-22)19(30-33-23)17(14)28-31-21/h5-8,14-19,31-33H,2-4,9-11H2,1H3. The number of ether oxygens (including phenoxy) is 4. The van der Waals surface area contributed by atoms with Crippen molar-refractivity contribution < 1.29 is 32.5 Å². The summed E-state index contributed by atoms with van der Waals surface area (Å²) in [4.78, 5) is 0. The van der Waals surface area contributed by atoms with Crippen molar-refractivity contribution in [1.82, 2.24) is 0 Å². The maximum Gasteiger partial charge on any atom is 0.169 e. The van der Waals surface area contributed by atoms with Crippen molar-refractivity contribution in [1.29, 1.82) is 0 Å². The third-order valence-electron chi connectivity index (χ3n) is 6.47. The molecular weight excluding hydrogens is 478 g/mol. The molecule has 1 spiro atoms. The summed E-state index contributed by atoms with van der Waals surface area (Å²) in [5.74, 6) is 0.137. The molecule has 6 radical (unpaired) electrons. The summed E-state index contributed by atoms with van der Waals surface area (Å²) in [6.45, 7) is 0.351. The molecule has 0 aromatic heterocycles. The summed E-state index contributed by atoms with van der Waals surface area (Å²) < 4.78 is 42.7. The Labute approximate surface area is 205 Å².